The van der Waals surface area contributed by atoms with Crippen molar-refractivity contribution < 1.29 is 4.79 Å². The van der Waals surface area contributed by atoms with E-state index in [2.05, 4.69) is 15.3 Å². The van der Waals surface area contributed by atoms with E-state index in [1.54, 1.807) is 0 Å². The second kappa shape index (κ2) is 5.53. The summed E-state index contributed by atoms with van der Waals surface area (Å²) in [5.41, 5.74) is 2.50. The van der Waals surface area contributed by atoms with Crippen LogP contribution in [0.3, 0.4) is 0 Å². The number of imidazole rings is 1. The zero-order valence-electron chi connectivity index (χ0n) is 12.2. The van der Waals surface area contributed by atoms with Gasteiger partial charge in [0.15, 0.2) is 0 Å². The fourth-order valence-corrected chi connectivity index (χ4v) is 2.13. The second-order valence-electron chi connectivity index (χ2n) is 6.30. The van der Waals surface area contributed by atoms with Gasteiger partial charge in [0.25, 0.3) is 0 Å². The smallest absolute Gasteiger partial charge is 0.323 e. The molecule has 0 fully saturated rings. The molecule has 0 unspecified atom stereocenters. The van der Waals surface area contributed by atoms with Gasteiger partial charge in [-0.25, -0.2) is 4.79 Å². The summed E-state index contributed by atoms with van der Waals surface area (Å²) in [5, 5.41) is 2.92. The number of nitrogens with one attached hydrogen (secondary N) is 3. The molecule has 3 N–H and O–H groups in total. The van der Waals surface area contributed by atoms with Crippen molar-refractivity contribution in [3.8, 4) is 0 Å². The van der Waals surface area contributed by atoms with Crippen LogP contribution in [0.1, 0.15) is 32.8 Å². The summed E-state index contributed by atoms with van der Waals surface area (Å²) in [6, 6.07) is 5.77. The molecule has 0 saturated heterocycles. The molecule has 5 nitrogen and oxygen atoms in total. The fraction of sp³-hybridized carbons (Fsp3) is 0.467. The lowest BCUT2D eigenvalue weighted by Gasteiger charge is -2.17. The highest BCUT2D eigenvalue weighted by Gasteiger charge is 2.15. The molecule has 2 aromatic rings. The van der Waals surface area contributed by atoms with Crippen LogP contribution in [-0.2, 0) is 11.2 Å². The Bertz CT molecular complexity index is 662. The zero-order chi connectivity index (χ0) is 14.8. The highest BCUT2D eigenvalue weighted by molar-refractivity contribution is 5.77. The summed E-state index contributed by atoms with van der Waals surface area (Å²) in [6.07, 6.45) is 1.27. The van der Waals surface area contributed by atoms with Crippen molar-refractivity contribution in [3.05, 3.63) is 34.2 Å². The molecule has 1 heterocycles. The van der Waals surface area contributed by atoms with E-state index in [1.807, 2.05) is 39.0 Å². The molecule has 0 spiro atoms. The van der Waals surface area contributed by atoms with Crippen LogP contribution < -0.4 is 11.0 Å². The van der Waals surface area contributed by atoms with Gasteiger partial charge in [0.2, 0.25) is 5.91 Å². The number of carbonyl (C=O) groups excluding carboxylic acids is 1. The quantitative estimate of drug-likeness (QED) is 0.797. The van der Waals surface area contributed by atoms with E-state index in [4.69, 9.17) is 0 Å². The second-order valence-corrected chi connectivity index (χ2v) is 6.30. The highest BCUT2D eigenvalue weighted by atomic mass is 16.1. The summed E-state index contributed by atoms with van der Waals surface area (Å²) < 4.78 is 0. The highest BCUT2D eigenvalue weighted by Crippen LogP contribution is 2.17. The minimum Gasteiger partial charge on any atom is -0.356 e. The van der Waals surface area contributed by atoms with Gasteiger partial charge in [-0.1, -0.05) is 26.8 Å². The number of H-pyrrole nitrogens is 2. The van der Waals surface area contributed by atoms with E-state index in [1.165, 1.54) is 0 Å². The Hall–Kier alpha value is -2.04. The van der Waals surface area contributed by atoms with Gasteiger partial charge in [-0.2, -0.15) is 0 Å². The first kappa shape index (κ1) is 14.4. The molecule has 0 aliphatic carbocycles. The summed E-state index contributed by atoms with van der Waals surface area (Å²) >= 11 is 0. The van der Waals surface area contributed by atoms with Crippen molar-refractivity contribution in [2.75, 3.05) is 6.54 Å². The Labute approximate surface area is 117 Å². The monoisotopic (exact) mass is 275 g/mol. The number of fused-ring (bicyclic) bond motifs is 1. The van der Waals surface area contributed by atoms with Crippen LogP contribution >= 0.6 is 0 Å². The molecule has 5 heteroatoms. The van der Waals surface area contributed by atoms with Crippen molar-refractivity contribution in [1.29, 1.82) is 0 Å². The van der Waals surface area contributed by atoms with Gasteiger partial charge >= 0.3 is 5.69 Å². The molecular weight excluding hydrogens is 254 g/mol. The summed E-state index contributed by atoms with van der Waals surface area (Å²) in [6.45, 7) is 6.74. The fourth-order valence-electron chi connectivity index (χ4n) is 2.13. The molecule has 2 rings (SSSR count). The Morgan fingerprint density at radius 1 is 1.20 bits per heavy atom. The van der Waals surface area contributed by atoms with E-state index in [0.717, 1.165) is 23.0 Å². The molecular formula is C15H21N3O2. The number of amides is 1. The Kier molecular flexibility index (Phi) is 3.97. The van der Waals surface area contributed by atoms with Gasteiger partial charge in [0.1, 0.15) is 0 Å². The van der Waals surface area contributed by atoms with Gasteiger partial charge in [-0.15, -0.1) is 0 Å². The summed E-state index contributed by atoms with van der Waals surface area (Å²) in [4.78, 5) is 28.3. The molecule has 20 heavy (non-hydrogen) atoms. The topological polar surface area (TPSA) is 77.8 Å². The maximum absolute atomic E-state index is 11.7. The van der Waals surface area contributed by atoms with E-state index >= 15 is 0 Å². The molecule has 1 aromatic carbocycles. The number of hydrogen-bond donors (Lipinski definition) is 3. The third-order valence-corrected chi connectivity index (χ3v) is 3.01. The first-order valence-corrected chi connectivity index (χ1v) is 6.81. The normalized spacial score (nSPS) is 11.8. The lowest BCUT2D eigenvalue weighted by atomic mass is 9.92. The van der Waals surface area contributed by atoms with Crippen molar-refractivity contribution >= 4 is 16.9 Å². The average Bonchev–Trinajstić information content (AvgIpc) is 2.66. The van der Waals surface area contributed by atoms with Gasteiger partial charge < -0.3 is 15.3 Å². The zero-order valence-corrected chi connectivity index (χ0v) is 12.2. The number of hydrogen-bond acceptors (Lipinski definition) is 2. The first-order chi connectivity index (χ1) is 9.33. The van der Waals surface area contributed by atoms with Crippen LogP contribution in [0, 0.1) is 5.41 Å². The molecule has 0 saturated carbocycles. The lowest BCUT2D eigenvalue weighted by Crippen LogP contribution is -2.29. The summed E-state index contributed by atoms with van der Waals surface area (Å²) in [7, 11) is 0. The van der Waals surface area contributed by atoms with Crippen LogP contribution in [0.2, 0.25) is 0 Å². The number of aromatic amines is 2. The molecule has 0 atom stereocenters. The van der Waals surface area contributed by atoms with Gasteiger partial charge in [-0.3, -0.25) is 4.79 Å². The number of benzene rings is 1. The molecule has 1 amide bonds. The van der Waals surface area contributed by atoms with Crippen LogP contribution in [0.4, 0.5) is 0 Å². The van der Waals surface area contributed by atoms with Crippen molar-refractivity contribution in [1.82, 2.24) is 15.3 Å². The Balaban J connectivity index is 1.89. The number of aromatic nitrogens is 2. The van der Waals surface area contributed by atoms with Crippen molar-refractivity contribution in [2.24, 2.45) is 5.41 Å². The maximum Gasteiger partial charge on any atom is 0.323 e. The standard InChI is InChI=1S/C15H21N3O2/c1-15(2,3)9-13(19)16-7-6-10-4-5-11-12(8-10)18-14(20)17-11/h4-5,8H,6-7,9H2,1-3H3,(H,16,19)(H2,17,18,20). The first-order valence-electron chi connectivity index (χ1n) is 6.81. The van der Waals surface area contributed by atoms with Gasteiger partial charge in [-0.05, 0) is 29.5 Å². The van der Waals surface area contributed by atoms with Gasteiger partial charge in [0, 0.05) is 13.0 Å². The third-order valence-electron chi connectivity index (χ3n) is 3.01. The van der Waals surface area contributed by atoms with E-state index in [0.29, 0.717) is 13.0 Å². The number of rotatable bonds is 4. The third kappa shape index (κ3) is 3.98. The number of carbonyl (C=O) groups is 1. The van der Waals surface area contributed by atoms with Crippen molar-refractivity contribution in [2.45, 2.75) is 33.6 Å². The largest absolute Gasteiger partial charge is 0.356 e. The predicted octanol–water partition coefficient (Wildman–Crippen LogP) is 1.95. The minimum atomic E-state index is -0.198. The Morgan fingerprint density at radius 3 is 2.60 bits per heavy atom. The van der Waals surface area contributed by atoms with Crippen LogP contribution in [-0.4, -0.2) is 22.4 Å². The maximum atomic E-state index is 11.7. The van der Waals surface area contributed by atoms with E-state index < -0.39 is 0 Å². The van der Waals surface area contributed by atoms with Crippen LogP contribution in [0.5, 0.6) is 0 Å². The van der Waals surface area contributed by atoms with Gasteiger partial charge in [0.05, 0.1) is 11.0 Å². The molecule has 1 aromatic heterocycles. The average molecular weight is 275 g/mol. The van der Waals surface area contributed by atoms with Crippen LogP contribution in [0.15, 0.2) is 23.0 Å². The molecule has 0 bridgehead atoms. The van der Waals surface area contributed by atoms with E-state index in [9.17, 15) is 9.59 Å². The SMILES string of the molecule is CC(C)(C)CC(=O)NCCc1ccc2[nH]c(=O)[nH]c2c1. The Morgan fingerprint density at radius 2 is 1.90 bits per heavy atom. The van der Waals surface area contributed by atoms with E-state index in [-0.39, 0.29) is 17.0 Å². The summed E-state index contributed by atoms with van der Waals surface area (Å²) in [5.74, 6) is 0.0774. The minimum absolute atomic E-state index is 0.00754. The van der Waals surface area contributed by atoms with Crippen molar-refractivity contribution in [3.63, 3.8) is 0 Å². The molecule has 0 aliphatic rings. The molecule has 0 aliphatic heterocycles. The molecule has 0 radical (unpaired) electrons. The molecule has 108 valence electrons. The predicted molar refractivity (Wildman–Crippen MR) is 79.7 cm³/mol. The lowest BCUT2D eigenvalue weighted by molar-refractivity contribution is -0.122. The van der Waals surface area contributed by atoms with Crippen LogP contribution in [0.25, 0.3) is 11.0 Å².